The summed E-state index contributed by atoms with van der Waals surface area (Å²) in [7, 11) is 0. The lowest BCUT2D eigenvalue weighted by atomic mass is 10.1. The Hall–Kier alpha value is -1.06. The largest absolute Gasteiger partial charge is 0.338 e. The molecule has 0 N–H and O–H groups in total. The Kier molecular flexibility index (Phi) is 3.28. The zero-order chi connectivity index (χ0) is 9.84. The maximum Gasteiger partial charge on any atom is 0.335 e. The molecule has 0 saturated carbocycles. The summed E-state index contributed by atoms with van der Waals surface area (Å²) in [6.45, 7) is 4.25. The molecule has 1 amide bonds. The number of carbonyl (C=O) groups is 2. The normalized spacial score (nSPS) is 18.9. The van der Waals surface area contributed by atoms with Crippen LogP contribution in [0, 0.1) is 5.92 Å². The molecule has 0 aromatic heterocycles. The van der Waals surface area contributed by atoms with Gasteiger partial charge in [0.05, 0.1) is 12.5 Å². The van der Waals surface area contributed by atoms with Gasteiger partial charge in [0.25, 0.3) is 5.91 Å². The Morgan fingerprint density at radius 1 is 1.69 bits per heavy atom. The molecule has 0 bridgehead atoms. The van der Waals surface area contributed by atoms with Crippen molar-refractivity contribution in [1.29, 1.82) is 0 Å². The molecule has 4 nitrogen and oxygen atoms in total. The number of hydrogen-bond donors (Lipinski definition) is 0. The van der Waals surface area contributed by atoms with Crippen LogP contribution in [0.2, 0.25) is 0 Å². The minimum absolute atomic E-state index is 0.0864. The Bertz CT molecular complexity index is 215. The maximum atomic E-state index is 11.3. The first kappa shape index (κ1) is 10.0. The second kappa shape index (κ2) is 4.25. The van der Waals surface area contributed by atoms with Crippen molar-refractivity contribution >= 4 is 11.9 Å². The van der Waals surface area contributed by atoms with E-state index >= 15 is 0 Å². The van der Waals surface area contributed by atoms with Crippen LogP contribution in [-0.2, 0) is 14.4 Å². The van der Waals surface area contributed by atoms with Gasteiger partial charge < -0.3 is 4.84 Å². The fraction of sp³-hybridized carbons (Fsp3) is 0.778. The molecular weight excluding hydrogens is 170 g/mol. The number of hydroxylamine groups is 2. The highest BCUT2D eigenvalue weighted by Gasteiger charge is 2.25. The first-order valence-corrected chi connectivity index (χ1v) is 4.67. The smallest absolute Gasteiger partial charge is 0.335 e. The lowest BCUT2D eigenvalue weighted by molar-refractivity contribution is -0.196. The quantitative estimate of drug-likeness (QED) is 0.661. The predicted molar refractivity (Wildman–Crippen MR) is 46.5 cm³/mol. The van der Waals surface area contributed by atoms with Gasteiger partial charge in [0.15, 0.2) is 0 Å². The van der Waals surface area contributed by atoms with E-state index in [1.807, 2.05) is 6.92 Å². The van der Waals surface area contributed by atoms with Gasteiger partial charge >= 0.3 is 5.97 Å². The highest BCUT2D eigenvalue weighted by atomic mass is 16.7. The second-order valence-electron chi connectivity index (χ2n) is 3.32. The Labute approximate surface area is 77.8 Å². The van der Waals surface area contributed by atoms with E-state index in [1.54, 1.807) is 6.92 Å². The zero-order valence-corrected chi connectivity index (χ0v) is 8.08. The molecule has 1 aliphatic heterocycles. The van der Waals surface area contributed by atoms with Gasteiger partial charge in [0.1, 0.15) is 0 Å². The van der Waals surface area contributed by atoms with Gasteiger partial charge in [-0.3, -0.25) is 4.79 Å². The van der Waals surface area contributed by atoms with Crippen LogP contribution in [0.4, 0.5) is 0 Å². The molecule has 13 heavy (non-hydrogen) atoms. The van der Waals surface area contributed by atoms with Gasteiger partial charge in [0, 0.05) is 6.42 Å². The van der Waals surface area contributed by atoms with Crippen LogP contribution >= 0.6 is 0 Å². The average Bonchev–Trinajstić information content (AvgIpc) is 2.50. The van der Waals surface area contributed by atoms with Gasteiger partial charge in [-0.05, 0) is 12.8 Å². The molecule has 0 radical (unpaired) electrons. The van der Waals surface area contributed by atoms with E-state index in [2.05, 4.69) is 0 Å². The second-order valence-corrected chi connectivity index (χ2v) is 3.32. The van der Waals surface area contributed by atoms with E-state index < -0.39 is 0 Å². The van der Waals surface area contributed by atoms with Crippen LogP contribution in [0.3, 0.4) is 0 Å². The third-order valence-corrected chi connectivity index (χ3v) is 2.24. The van der Waals surface area contributed by atoms with Gasteiger partial charge in [-0.25, -0.2) is 4.79 Å². The molecule has 74 valence electrons. The van der Waals surface area contributed by atoms with Crippen molar-refractivity contribution in [2.45, 2.75) is 33.1 Å². The SMILES string of the molecule is CCC(C)C(=O)ON1CCCC1=O. The summed E-state index contributed by atoms with van der Waals surface area (Å²) in [6, 6.07) is 0. The molecule has 0 aliphatic carbocycles. The highest BCUT2D eigenvalue weighted by Crippen LogP contribution is 2.12. The Morgan fingerprint density at radius 3 is 2.85 bits per heavy atom. The monoisotopic (exact) mass is 185 g/mol. The molecule has 1 rings (SSSR count). The molecule has 4 heteroatoms. The van der Waals surface area contributed by atoms with Crippen LogP contribution in [0.5, 0.6) is 0 Å². The van der Waals surface area contributed by atoms with Crippen molar-refractivity contribution < 1.29 is 14.4 Å². The van der Waals surface area contributed by atoms with Gasteiger partial charge in [0.2, 0.25) is 0 Å². The molecule has 0 aromatic rings. The summed E-state index contributed by atoms with van der Waals surface area (Å²) in [5.41, 5.74) is 0. The van der Waals surface area contributed by atoms with E-state index in [-0.39, 0.29) is 17.8 Å². The molecule has 0 spiro atoms. The number of hydrogen-bond acceptors (Lipinski definition) is 3. The predicted octanol–water partition coefficient (Wildman–Crippen LogP) is 1.11. The summed E-state index contributed by atoms with van der Waals surface area (Å²) >= 11 is 0. The molecule has 1 aliphatic rings. The summed E-state index contributed by atoms with van der Waals surface area (Å²) < 4.78 is 0. The van der Waals surface area contributed by atoms with Gasteiger partial charge in [-0.15, -0.1) is 0 Å². The lowest BCUT2D eigenvalue weighted by Gasteiger charge is -2.16. The molecular formula is C9H15NO3. The number of nitrogens with zero attached hydrogens (tertiary/aromatic N) is 1. The van der Waals surface area contributed by atoms with Crippen molar-refractivity contribution in [3.63, 3.8) is 0 Å². The lowest BCUT2D eigenvalue weighted by Crippen LogP contribution is -2.30. The Morgan fingerprint density at radius 2 is 2.38 bits per heavy atom. The van der Waals surface area contributed by atoms with Crippen molar-refractivity contribution in [3.05, 3.63) is 0 Å². The van der Waals surface area contributed by atoms with Crippen LogP contribution in [-0.4, -0.2) is 23.5 Å². The van der Waals surface area contributed by atoms with Crippen molar-refractivity contribution in [2.75, 3.05) is 6.54 Å². The fourth-order valence-electron chi connectivity index (χ4n) is 1.09. The first-order chi connectivity index (χ1) is 6.15. The average molecular weight is 185 g/mol. The van der Waals surface area contributed by atoms with E-state index in [1.165, 1.54) is 5.06 Å². The van der Waals surface area contributed by atoms with E-state index in [4.69, 9.17) is 4.84 Å². The number of carbonyl (C=O) groups excluding carboxylic acids is 2. The molecule has 1 heterocycles. The maximum absolute atomic E-state index is 11.3. The Balaban J connectivity index is 2.39. The van der Waals surface area contributed by atoms with Gasteiger partial charge in [-0.1, -0.05) is 13.8 Å². The number of amides is 1. The molecule has 1 fully saturated rings. The minimum Gasteiger partial charge on any atom is -0.338 e. The third-order valence-electron chi connectivity index (χ3n) is 2.24. The summed E-state index contributed by atoms with van der Waals surface area (Å²) in [5.74, 6) is -0.525. The van der Waals surface area contributed by atoms with Crippen LogP contribution < -0.4 is 0 Å². The highest BCUT2D eigenvalue weighted by molar-refractivity contribution is 5.80. The summed E-state index contributed by atoms with van der Waals surface area (Å²) in [6.07, 6.45) is 2.02. The van der Waals surface area contributed by atoms with Gasteiger partial charge in [-0.2, -0.15) is 5.06 Å². The van der Waals surface area contributed by atoms with Crippen molar-refractivity contribution in [3.8, 4) is 0 Å². The van der Waals surface area contributed by atoms with E-state index in [0.29, 0.717) is 13.0 Å². The fourth-order valence-corrected chi connectivity index (χ4v) is 1.09. The topological polar surface area (TPSA) is 46.6 Å². The van der Waals surface area contributed by atoms with Crippen LogP contribution in [0.15, 0.2) is 0 Å². The molecule has 1 unspecified atom stereocenters. The zero-order valence-electron chi connectivity index (χ0n) is 8.08. The first-order valence-electron chi connectivity index (χ1n) is 4.67. The van der Waals surface area contributed by atoms with E-state index in [0.717, 1.165) is 12.8 Å². The minimum atomic E-state index is -0.308. The number of rotatable bonds is 3. The van der Waals surface area contributed by atoms with Crippen LogP contribution in [0.25, 0.3) is 0 Å². The van der Waals surface area contributed by atoms with Crippen molar-refractivity contribution in [1.82, 2.24) is 5.06 Å². The summed E-state index contributed by atoms with van der Waals surface area (Å²) in [5, 5.41) is 1.18. The standard InChI is InChI=1S/C9H15NO3/c1-3-7(2)9(12)13-10-6-4-5-8(10)11/h7H,3-6H2,1-2H3. The molecule has 1 saturated heterocycles. The van der Waals surface area contributed by atoms with E-state index in [9.17, 15) is 9.59 Å². The molecule has 1 atom stereocenters. The van der Waals surface area contributed by atoms with Crippen LogP contribution in [0.1, 0.15) is 33.1 Å². The summed E-state index contributed by atoms with van der Waals surface area (Å²) in [4.78, 5) is 27.3. The molecule has 0 aromatic carbocycles. The third kappa shape index (κ3) is 2.44. The van der Waals surface area contributed by atoms with Crippen molar-refractivity contribution in [2.24, 2.45) is 5.92 Å².